The highest BCUT2D eigenvalue weighted by Gasteiger charge is 2.21. The van der Waals surface area contributed by atoms with Crippen LogP contribution in [0.3, 0.4) is 0 Å². The highest BCUT2D eigenvalue weighted by molar-refractivity contribution is 7.91. The molecular weight excluding hydrogens is 452 g/mol. The van der Waals surface area contributed by atoms with E-state index in [4.69, 9.17) is 0 Å². The second-order valence-corrected chi connectivity index (χ2v) is 8.44. The van der Waals surface area contributed by atoms with Gasteiger partial charge in [-0.15, -0.1) is 4.99 Å². The van der Waals surface area contributed by atoms with Crippen LogP contribution < -0.4 is 16.0 Å². The molecular formula is C21H24N4O7S. The van der Waals surface area contributed by atoms with Gasteiger partial charge in [0.05, 0.1) is 35.4 Å². The van der Waals surface area contributed by atoms with Crippen molar-refractivity contribution in [2.45, 2.75) is 29.6 Å². The molecule has 0 saturated carbocycles. The standard InChI is InChI=1S/C21H24N4O7S/c1-4-8-18(26)22-16-12-11-15(33(29,30)14-9-6-5-7-10-14)13-17(16)23-19(24-20(27)31-2)25-21(28)32-3/h5-7,9-13H,4,8H2,1-3H3,(H,22,26)(H2,23,24,25,27,28). The second-order valence-electron chi connectivity index (χ2n) is 6.49. The van der Waals surface area contributed by atoms with Crippen molar-refractivity contribution >= 4 is 45.3 Å². The fourth-order valence-corrected chi connectivity index (χ4v) is 3.89. The second kappa shape index (κ2) is 11.6. The normalized spacial score (nSPS) is 11.3. The van der Waals surface area contributed by atoms with Gasteiger partial charge in [-0.1, -0.05) is 25.1 Å². The van der Waals surface area contributed by atoms with Gasteiger partial charge in [-0.05, 0) is 36.8 Å². The molecule has 0 spiro atoms. The summed E-state index contributed by atoms with van der Waals surface area (Å²) in [7, 11) is -1.71. The zero-order valence-electron chi connectivity index (χ0n) is 18.2. The van der Waals surface area contributed by atoms with Crippen molar-refractivity contribution in [3.63, 3.8) is 0 Å². The highest BCUT2D eigenvalue weighted by Crippen LogP contribution is 2.29. The molecule has 3 amide bonds. The number of alkyl carbamates (subject to hydrolysis) is 1. The first-order valence-electron chi connectivity index (χ1n) is 9.74. The highest BCUT2D eigenvalue weighted by atomic mass is 32.2. The summed E-state index contributed by atoms with van der Waals surface area (Å²) in [6.45, 7) is 1.83. The molecule has 0 atom stereocenters. The molecule has 33 heavy (non-hydrogen) atoms. The quantitative estimate of drug-likeness (QED) is 0.425. The average Bonchev–Trinajstić information content (AvgIpc) is 2.80. The lowest BCUT2D eigenvalue weighted by Crippen LogP contribution is -2.36. The third kappa shape index (κ3) is 7.04. The monoisotopic (exact) mass is 476 g/mol. The predicted molar refractivity (Wildman–Crippen MR) is 121 cm³/mol. The summed E-state index contributed by atoms with van der Waals surface area (Å²) in [6.07, 6.45) is -1.17. The molecule has 0 unspecified atom stereocenters. The van der Waals surface area contributed by atoms with E-state index in [0.717, 1.165) is 14.2 Å². The van der Waals surface area contributed by atoms with Crippen molar-refractivity contribution in [3.05, 3.63) is 48.5 Å². The van der Waals surface area contributed by atoms with Gasteiger partial charge in [-0.2, -0.15) is 0 Å². The zero-order valence-corrected chi connectivity index (χ0v) is 19.1. The van der Waals surface area contributed by atoms with Crippen molar-refractivity contribution < 1.29 is 32.3 Å². The molecule has 176 valence electrons. The first-order chi connectivity index (χ1) is 15.7. The third-order valence-electron chi connectivity index (χ3n) is 4.14. The maximum atomic E-state index is 13.0. The Morgan fingerprint density at radius 2 is 1.61 bits per heavy atom. The van der Waals surface area contributed by atoms with Gasteiger partial charge in [0, 0.05) is 6.42 Å². The van der Waals surface area contributed by atoms with Gasteiger partial charge < -0.3 is 20.1 Å². The Morgan fingerprint density at radius 3 is 2.21 bits per heavy atom. The zero-order chi connectivity index (χ0) is 24.4. The Hall–Kier alpha value is -3.93. The lowest BCUT2D eigenvalue weighted by atomic mass is 10.2. The number of anilines is 2. The van der Waals surface area contributed by atoms with Crippen LogP contribution in [-0.4, -0.2) is 46.7 Å². The van der Waals surface area contributed by atoms with Crippen LogP contribution in [-0.2, 0) is 24.1 Å². The smallest absolute Gasteiger partial charge is 0.436 e. The summed E-state index contributed by atoms with van der Waals surface area (Å²) in [4.78, 5) is 39.0. The number of nitrogens with zero attached hydrogens (tertiary/aromatic N) is 1. The Labute approximate surface area is 191 Å². The first kappa shape index (κ1) is 25.3. The maximum absolute atomic E-state index is 13.0. The molecule has 11 nitrogen and oxygen atoms in total. The van der Waals surface area contributed by atoms with Crippen LogP contribution in [0.25, 0.3) is 0 Å². The lowest BCUT2D eigenvalue weighted by Gasteiger charge is -2.16. The van der Waals surface area contributed by atoms with Gasteiger partial charge in [0.15, 0.2) is 0 Å². The molecule has 12 heteroatoms. The van der Waals surface area contributed by atoms with E-state index in [1.165, 1.54) is 30.3 Å². The summed E-state index contributed by atoms with van der Waals surface area (Å²) in [5.41, 5.74) is 0.250. The van der Waals surface area contributed by atoms with Gasteiger partial charge in [-0.25, -0.2) is 18.0 Å². The number of sulfone groups is 1. The van der Waals surface area contributed by atoms with Crippen LogP contribution in [0.1, 0.15) is 19.8 Å². The minimum atomic E-state index is -3.90. The maximum Gasteiger partial charge on any atom is 0.436 e. The van der Waals surface area contributed by atoms with Gasteiger partial charge in [0.25, 0.3) is 0 Å². The molecule has 0 aliphatic heterocycles. The van der Waals surface area contributed by atoms with E-state index in [-0.39, 0.29) is 33.5 Å². The van der Waals surface area contributed by atoms with Crippen LogP contribution >= 0.6 is 0 Å². The molecule has 0 bridgehead atoms. The minimum absolute atomic E-state index is 0.0514. The summed E-state index contributed by atoms with van der Waals surface area (Å²) in [5.74, 6) is -0.722. The number of amides is 3. The molecule has 2 aromatic rings. The molecule has 0 heterocycles. The molecule has 0 aliphatic carbocycles. The largest absolute Gasteiger partial charge is 0.453 e. The number of aliphatic imine (C=N–C) groups is 1. The average molecular weight is 477 g/mol. The van der Waals surface area contributed by atoms with Crippen molar-refractivity contribution in [1.29, 1.82) is 0 Å². The lowest BCUT2D eigenvalue weighted by molar-refractivity contribution is -0.116. The van der Waals surface area contributed by atoms with E-state index in [2.05, 4.69) is 30.4 Å². The molecule has 2 rings (SSSR count). The number of ether oxygens (including phenoxy) is 2. The number of hydrogen-bond acceptors (Lipinski definition) is 7. The van der Waals surface area contributed by atoms with E-state index in [0.29, 0.717) is 6.42 Å². The molecule has 0 fully saturated rings. The van der Waals surface area contributed by atoms with Gasteiger partial charge in [0.1, 0.15) is 0 Å². The van der Waals surface area contributed by atoms with E-state index < -0.39 is 28.0 Å². The Morgan fingerprint density at radius 1 is 0.909 bits per heavy atom. The molecule has 3 N–H and O–H groups in total. The third-order valence-corrected chi connectivity index (χ3v) is 5.91. The Bertz CT molecular complexity index is 1150. The number of hydrogen-bond donors (Lipinski definition) is 3. The molecule has 0 saturated heterocycles. The van der Waals surface area contributed by atoms with Crippen molar-refractivity contribution in [2.24, 2.45) is 4.99 Å². The predicted octanol–water partition coefficient (Wildman–Crippen LogP) is 3.15. The Balaban J connectivity index is 2.55. The number of rotatable bonds is 6. The van der Waals surface area contributed by atoms with E-state index >= 15 is 0 Å². The topological polar surface area (TPSA) is 152 Å². The van der Waals surface area contributed by atoms with Crippen molar-refractivity contribution in [3.8, 4) is 0 Å². The number of methoxy groups -OCH3 is 2. The van der Waals surface area contributed by atoms with Crippen LogP contribution in [0, 0.1) is 0 Å². The SMILES string of the molecule is CCCC(=O)Nc1ccc(S(=O)(=O)c2ccccc2)cc1NC(=NC(=O)OC)NC(=O)OC. The molecule has 0 aromatic heterocycles. The van der Waals surface area contributed by atoms with Crippen LogP contribution in [0.15, 0.2) is 63.3 Å². The summed E-state index contributed by atoms with van der Waals surface area (Å²) in [5, 5.41) is 7.50. The summed E-state index contributed by atoms with van der Waals surface area (Å²) >= 11 is 0. The molecule has 2 aromatic carbocycles. The van der Waals surface area contributed by atoms with Crippen LogP contribution in [0.4, 0.5) is 21.0 Å². The van der Waals surface area contributed by atoms with Gasteiger partial charge >= 0.3 is 12.2 Å². The Kier molecular flexibility index (Phi) is 8.92. The number of benzene rings is 2. The van der Waals surface area contributed by atoms with E-state index in [1.54, 1.807) is 18.2 Å². The minimum Gasteiger partial charge on any atom is -0.453 e. The number of carbonyl (C=O) groups is 3. The molecule has 0 aliphatic rings. The van der Waals surface area contributed by atoms with Crippen molar-refractivity contribution in [2.75, 3.05) is 24.9 Å². The van der Waals surface area contributed by atoms with E-state index in [1.807, 2.05) is 6.92 Å². The number of nitrogens with one attached hydrogen (secondary N) is 3. The first-order valence-corrected chi connectivity index (χ1v) is 11.2. The number of carbonyl (C=O) groups excluding carboxylic acids is 3. The van der Waals surface area contributed by atoms with Gasteiger partial charge in [-0.3, -0.25) is 10.1 Å². The fourth-order valence-electron chi connectivity index (χ4n) is 2.58. The van der Waals surface area contributed by atoms with Crippen LogP contribution in [0.5, 0.6) is 0 Å². The summed E-state index contributed by atoms with van der Waals surface area (Å²) in [6, 6.07) is 11.7. The van der Waals surface area contributed by atoms with Crippen molar-refractivity contribution in [1.82, 2.24) is 5.32 Å². The van der Waals surface area contributed by atoms with Gasteiger partial charge in [0.2, 0.25) is 21.7 Å². The summed E-state index contributed by atoms with van der Waals surface area (Å²) < 4.78 is 35.1. The number of guanidine groups is 1. The fraction of sp³-hybridized carbons (Fsp3) is 0.238. The van der Waals surface area contributed by atoms with Crippen LogP contribution in [0.2, 0.25) is 0 Å². The van der Waals surface area contributed by atoms with E-state index in [9.17, 15) is 22.8 Å². The molecule has 0 radical (unpaired) electrons.